The Morgan fingerprint density at radius 1 is 1.35 bits per heavy atom. The smallest absolute Gasteiger partial charge is 0.273 e. The van der Waals surface area contributed by atoms with Crippen molar-refractivity contribution in [1.29, 1.82) is 0 Å². The lowest BCUT2D eigenvalue weighted by Crippen LogP contribution is -2.27. The second kappa shape index (κ2) is 9.84. The second-order valence-electron chi connectivity index (χ2n) is 4.17. The first kappa shape index (κ1) is 19.9. The van der Waals surface area contributed by atoms with Crippen LogP contribution >= 0.6 is 47.8 Å². The second-order valence-corrected chi connectivity index (χ2v) is 6.58. The fourth-order valence-electron chi connectivity index (χ4n) is 1.67. The van der Waals surface area contributed by atoms with Crippen molar-refractivity contribution in [3.05, 3.63) is 38.4 Å². The molecule has 1 aromatic carbocycles. The Bertz CT molecular complexity index is 647. The highest BCUT2D eigenvalue weighted by molar-refractivity contribution is 9.11. The number of amides is 2. The molecule has 0 unspecified atom stereocenters. The zero-order valence-corrected chi connectivity index (χ0v) is 17.0. The van der Waals surface area contributed by atoms with E-state index in [9.17, 15) is 9.59 Å². The fraction of sp³-hybridized carbons (Fsp3) is 0.214. The van der Waals surface area contributed by atoms with Crippen LogP contribution in [0.3, 0.4) is 0 Å². The molecule has 3 N–H and O–H groups in total. The third-order valence-electron chi connectivity index (χ3n) is 2.60. The van der Waals surface area contributed by atoms with Crippen LogP contribution in [0.1, 0.15) is 17.3 Å². The van der Waals surface area contributed by atoms with Crippen molar-refractivity contribution in [3.63, 3.8) is 0 Å². The predicted molar refractivity (Wildman–Crippen MR) is 103 cm³/mol. The van der Waals surface area contributed by atoms with Gasteiger partial charge in [-0.15, -0.1) is 0 Å². The number of hydrogen-bond acceptors (Lipinski definition) is 4. The van der Waals surface area contributed by atoms with E-state index in [-0.39, 0.29) is 11.6 Å². The number of carbonyl (C=O) groups excluding carboxylic acids is 2. The Balaban J connectivity index is 3.21. The molecule has 6 nitrogen and oxygen atoms in total. The molecule has 0 aromatic heterocycles. The Labute approximate surface area is 159 Å². The predicted octanol–water partition coefficient (Wildman–Crippen LogP) is 3.38. The number of nitrogens with one attached hydrogen (secondary N) is 3. The number of allylic oxidation sites excluding steroid dienone is 1. The molecular formula is C14H15Br3N4O2. The Morgan fingerprint density at radius 3 is 2.61 bits per heavy atom. The van der Waals surface area contributed by atoms with Gasteiger partial charge in [0, 0.05) is 27.5 Å². The molecule has 124 valence electrons. The van der Waals surface area contributed by atoms with E-state index in [1.165, 1.54) is 0 Å². The zero-order chi connectivity index (χ0) is 17.4. The van der Waals surface area contributed by atoms with Gasteiger partial charge in [-0.05, 0) is 41.1 Å². The minimum atomic E-state index is -0.439. The van der Waals surface area contributed by atoms with Gasteiger partial charge < -0.3 is 10.6 Å². The fourth-order valence-corrected chi connectivity index (χ4v) is 3.32. The monoisotopic (exact) mass is 508 g/mol. The number of rotatable bonds is 7. The number of benzene rings is 1. The third kappa shape index (κ3) is 5.74. The van der Waals surface area contributed by atoms with Crippen molar-refractivity contribution in [2.75, 3.05) is 17.2 Å². The lowest BCUT2D eigenvalue weighted by atomic mass is 10.1. The van der Waals surface area contributed by atoms with Crippen LogP contribution < -0.4 is 16.1 Å². The summed E-state index contributed by atoms with van der Waals surface area (Å²) in [6.45, 7) is 5.59. The summed E-state index contributed by atoms with van der Waals surface area (Å²) in [5.74, 6) is -0.726. The maximum Gasteiger partial charge on any atom is 0.273 e. The first-order valence-corrected chi connectivity index (χ1v) is 9.21. The van der Waals surface area contributed by atoms with E-state index in [1.807, 2.05) is 6.92 Å². The summed E-state index contributed by atoms with van der Waals surface area (Å²) in [4.78, 5) is 24.5. The summed E-state index contributed by atoms with van der Waals surface area (Å²) in [6, 6.07) is 3.38. The maximum atomic E-state index is 12.3. The van der Waals surface area contributed by atoms with Crippen molar-refractivity contribution < 1.29 is 9.59 Å². The summed E-state index contributed by atoms with van der Waals surface area (Å²) in [5, 5.41) is 9.37. The number of halogens is 3. The lowest BCUT2D eigenvalue weighted by Gasteiger charge is -2.14. The van der Waals surface area contributed by atoms with Crippen molar-refractivity contribution in [2.45, 2.75) is 6.92 Å². The van der Waals surface area contributed by atoms with Gasteiger partial charge in [0.05, 0.1) is 11.3 Å². The molecular weight excluding hydrogens is 496 g/mol. The zero-order valence-electron chi connectivity index (χ0n) is 12.3. The average Bonchev–Trinajstić information content (AvgIpc) is 2.49. The Hall–Kier alpha value is -1.19. The SMILES string of the molecule is C=NN/C(=C\CBr)C(=O)Nc1c(Br)cc(Br)cc1C(=O)NCC. The Kier molecular flexibility index (Phi) is 8.49. The minimum Gasteiger partial charge on any atom is -0.352 e. The lowest BCUT2D eigenvalue weighted by molar-refractivity contribution is -0.113. The number of anilines is 1. The summed E-state index contributed by atoms with van der Waals surface area (Å²) >= 11 is 9.92. The van der Waals surface area contributed by atoms with Gasteiger partial charge in [0.1, 0.15) is 5.70 Å². The molecule has 1 rings (SSSR count). The van der Waals surface area contributed by atoms with Crippen LogP contribution in [-0.2, 0) is 4.79 Å². The molecule has 0 fully saturated rings. The number of nitrogens with zero attached hydrogens (tertiary/aromatic N) is 1. The quantitative estimate of drug-likeness (QED) is 0.228. The van der Waals surface area contributed by atoms with Crippen LogP contribution in [0.4, 0.5) is 5.69 Å². The maximum absolute atomic E-state index is 12.3. The van der Waals surface area contributed by atoms with Crippen molar-refractivity contribution in [3.8, 4) is 0 Å². The van der Waals surface area contributed by atoms with E-state index in [0.717, 1.165) is 0 Å². The Morgan fingerprint density at radius 2 is 2.04 bits per heavy atom. The van der Waals surface area contributed by atoms with Gasteiger partial charge in [0.2, 0.25) is 0 Å². The number of alkyl halides is 1. The highest BCUT2D eigenvalue weighted by atomic mass is 79.9. The molecule has 0 bridgehead atoms. The van der Waals surface area contributed by atoms with Crippen LogP contribution in [0.15, 0.2) is 38.0 Å². The van der Waals surface area contributed by atoms with Gasteiger partial charge in [0.25, 0.3) is 11.8 Å². The van der Waals surface area contributed by atoms with Gasteiger partial charge in [0.15, 0.2) is 0 Å². The number of hydrazone groups is 1. The van der Waals surface area contributed by atoms with E-state index in [0.29, 0.717) is 32.1 Å². The molecule has 1 aromatic rings. The summed E-state index contributed by atoms with van der Waals surface area (Å²) < 4.78 is 1.29. The van der Waals surface area contributed by atoms with Crippen LogP contribution in [0, 0.1) is 0 Å². The first-order valence-electron chi connectivity index (χ1n) is 6.51. The van der Waals surface area contributed by atoms with Crippen LogP contribution in [0.2, 0.25) is 0 Å². The van der Waals surface area contributed by atoms with E-state index in [1.54, 1.807) is 18.2 Å². The molecule has 0 aliphatic heterocycles. The highest BCUT2D eigenvalue weighted by Crippen LogP contribution is 2.31. The highest BCUT2D eigenvalue weighted by Gasteiger charge is 2.19. The minimum absolute atomic E-state index is 0.216. The number of hydrogen-bond donors (Lipinski definition) is 3. The third-order valence-corrected chi connectivity index (χ3v) is 4.01. The van der Waals surface area contributed by atoms with Gasteiger partial charge in [-0.1, -0.05) is 31.9 Å². The molecule has 2 amide bonds. The summed E-state index contributed by atoms with van der Waals surface area (Å²) in [7, 11) is 0. The molecule has 0 saturated carbocycles. The van der Waals surface area contributed by atoms with Crippen LogP contribution in [0.5, 0.6) is 0 Å². The molecule has 0 atom stereocenters. The topological polar surface area (TPSA) is 82.6 Å². The molecule has 9 heteroatoms. The average molecular weight is 511 g/mol. The van der Waals surface area contributed by atoms with Gasteiger partial charge >= 0.3 is 0 Å². The van der Waals surface area contributed by atoms with Gasteiger partial charge in [-0.25, -0.2) is 0 Å². The summed E-state index contributed by atoms with van der Waals surface area (Å²) in [6.07, 6.45) is 1.60. The number of carbonyl (C=O) groups is 2. The molecule has 23 heavy (non-hydrogen) atoms. The van der Waals surface area contributed by atoms with Crippen LogP contribution in [0.25, 0.3) is 0 Å². The van der Waals surface area contributed by atoms with Crippen molar-refractivity contribution in [1.82, 2.24) is 10.7 Å². The first-order chi connectivity index (χ1) is 10.9. The van der Waals surface area contributed by atoms with E-state index in [2.05, 4.69) is 75.7 Å². The summed E-state index contributed by atoms with van der Waals surface area (Å²) in [5.41, 5.74) is 3.44. The van der Waals surface area contributed by atoms with Gasteiger partial charge in [-0.3, -0.25) is 15.0 Å². The molecule has 0 aliphatic carbocycles. The van der Waals surface area contributed by atoms with E-state index >= 15 is 0 Å². The molecule has 0 aliphatic rings. The normalized spacial score (nSPS) is 10.9. The van der Waals surface area contributed by atoms with Crippen LogP contribution in [-0.4, -0.2) is 30.4 Å². The largest absolute Gasteiger partial charge is 0.352 e. The van der Waals surface area contributed by atoms with Crippen molar-refractivity contribution in [2.24, 2.45) is 5.10 Å². The van der Waals surface area contributed by atoms with E-state index < -0.39 is 5.91 Å². The molecule has 0 radical (unpaired) electrons. The van der Waals surface area contributed by atoms with Gasteiger partial charge in [-0.2, -0.15) is 5.10 Å². The van der Waals surface area contributed by atoms with E-state index in [4.69, 9.17) is 0 Å². The van der Waals surface area contributed by atoms with Crippen molar-refractivity contribution >= 4 is 72.0 Å². The molecule has 0 heterocycles. The molecule has 0 saturated heterocycles. The standard InChI is InChI=1S/C14H15Br3N4O2/c1-3-19-13(22)9-6-8(16)7-10(17)12(9)20-14(23)11(4-5-15)21-18-2/h4,6-7,21H,2-3,5H2,1H3,(H,19,22)(H,20,23)/b11-4-. The molecule has 0 spiro atoms.